The standard InChI is InChI=1S/C14H20INO3S/c1-10(20(16,17)18)9-12-3-2-8-19-14(12)11-4-6-13(15)7-5-11/h4-7,10,12,14H,2-3,8-9H2,1H3,(H2,16,17,18). The minimum atomic E-state index is -3.47. The Hall–Kier alpha value is -0.180. The highest BCUT2D eigenvalue weighted by Gasteiger charge is 2.31. The second kappa shape index (κ2) is 6.72. The highest BCUT2D eigenvalue weighted by molar-refractivity contribution is 14.1. The molecule has 3 unspecified atom stereocenters. The number of halogens is 1. The van der Waals surface area contributed by atoms with Crippen molar-refractivity contribution in [3.8, 4) is 0 Å². The van der Waals surface area contributed by atoms with Crippen molar-refractivity contribution in [2.75, 3.05) is 6.61 Å². The van der Waals surface area contributed by atoms with E-state index in [1.807, 2.05) is 12.1 Å². The smallest absolute Gasteiger partial charge is 0.211 e. The van der Waals surface area contributed by atoms with Crippen molar-refractivity contribution in [2.24, 2.45) is 11.1 Å². The van der Waals surface area contributed by atoms with E-state index in [1.165, 1.54) is 3.57 Å². The maximum Gasteiger partial charge on any atom is 0.211 e. The van der Waals surface area contributed by atoms with Crippen molar-refractivity contribution in [1.82, 2.24) is 0 Å². The van der Waals surface area contributed by atoms with E-state index in [4.69, 9.17) is 9.88 Å². The summed E-state index contributed by atoms with van der Waals surface area (Å²) in [5, 5.41) is 4.70. The maximum atomic E-state index is 11.4. The Morgan fingerprint density at radius 3 is 2.65 bits per heavy atom. The minimum absolute atomic E-state index is 0.0232. The van der Waals surface area contributed by atoms with Crippen LogP contribution in [0.2, 0.25) is 0 Å². The van der Waals surface area contributed by atoms with Crippen LogP contribution >= 0.6 is 22.6 Å². The molecule has 2 N–H and O–H groups in total. The molecule has 1 fully saturated rings. The first-order valence-electron chi connectivity index (χ1n) is 6.76. The summed E-state index contributed by atoms with van der Waals surface area (Å²) in [5.74, 6) is 0.206. The van der Waals surface area contributed by atoms with E-state index in [9.17, 15) is 8.42 Å². The van der Waals surface area contributed by atoms with Gasteiger partial charge < -0.3 is 4.74 Å². The lowest BCUT2D eigenvalue weighted by atomic mass is 9.86. The molecule has 1 aliphatic rings. The SMILES string of the molecule is CC(CC1CCCOC1c1ccc(I)cc1)S(N)(=O)=O. The molecule has 6 heteroatoms. The molecule has 0 saturated carbocycles. The van der Waals surface area contributed by atoms with Gasteiger partial charge in [0.15, 0.2) is 0 Å². The third-order valence-corrected chi connectivity index (χ3v) is 5.87. The third kappa shape index (κ3) is 4.16. The van der Waals surface area contributed by atoms with E-state index in [0.29, 0.717) is 6.42 Å². The van der Waals surface area contributed by atoms with Gasteiger partial charge in [0.05, 0.1) is 11.4 Å². The number of sulfonamides is 1. The fourth-order valence-corrected chi connectivity index (χ4v) is 3.54. The molecule has 1 aromatic rings. The summed E-state index contributed by atoms with van der Waals surface area (Å²) in [6.45, 7) is 2.41. The second-order valence-corrected chi connectivity index (χ2v) is 8.61. The van der Waals surface area contributed by atoms with Crippen LogP contribution in [0.25, 0.3) is 0 Å². The summed E-state index contributed by atoms with van der Waals surface area (Å²) in [6.07, 6.45) is 2.49. The molecule has 0 radical (unpaired) electrons. The molecule has 2 rings (SSSR count). The van der Waals surface area contributed by atoms with Crippen LogP contribution in [0.3, 0.4) is 0 Å². The van der Waals surface area contributed by atoms with Gasteiger partial charge in [-0.25, -0.2) is 13.6 Å². The van der Waals surface area contributed by atoms with Crippen LogP contribution < -0.4 is 5.14 Å². The molecule has 1 heterocycles. The zero-order valence-corrected chi connectivity index (χ0v) is 14.4. The molecule has 0 aliphatic carbocycles. The zero-order valence-electron chi connectivity index (χ0n) is 11.5. The largest absolute Gasteiger partial charge is 0.373 e. The fraction of sp³-hybridized carbons (Fsp3) is 0.571. The number of primary sulfonamides is 1. The summed E-state index contributed by atoms with van der Waals surface area (Å²) >= 11 is 2.27. The first-order chi connectivity index (χ1) is 9.38. The Kier molecular flexibility index (Phi) is 5.44. The van der Waals surface area contributed by atoms with E-state index in [0.717, 1.165) is 25.0 Å². The van der Waals surface area contributed by atoms with Crippen LogP contribution in [0.5, 0.6) is 0 Å². The first-order valence-corrected chi connectivity index (χ1v) is 9.45. The highest BCUT2D eigenvalue weighted by Crippen LogP contribution is 2.37. The van der Waals surface area contributed by atoms with Gasteiger partial charge in [-0.05, 0) is 72.4 Å². The molecule has 4 nitrogen and oxygen atoms in total. The predicted octanol–water partition coefficient (Wildman–Crippen LogP) is 2.83. The van der Waals surface area contributed by atoms with Crippen LogP contribution in [0.15, 0.2) is 24.3 Å². The Labute approximate surface area is 134 Å². The molecule has 0 spiro atoms. The van der Waals surface area contributed by atoms with E-state index in [2.05, 4.69) is 34.7 Å². The molecule has 1 saturated heterocycles. The van der Waals surface area contributed by atoms with Crippen molar-refractivity contribution in [3.63, 3.8) is 0 Å². The van der Waals surface area contributed by atoms with Crippen LogP contribution in [0, 0.1) is 9.49 Å². The normalized spacial score (nSPS) is 25.4. The van der Waals surface area contributed by atoms with Crippen LogP contribution in [0.1, 0.15) is 37.9 Å². The van der Waals surface area contributed by atoms with Gasteiger partial charge in [0, 0.05) is 10.2 Å². The lowest BCUT2D eigenvalue weighted by Crippen LogP contribution is -2.32. The summed E-state index contributed by atoms with van der Waals surface area (Å²) in [6, 6.07) is 8.22. The maximum absolute atomic E-state index is 11.4. The molecule has 1 aromatic carbocycles. The van der Waals surface area contributed by atoms with Gasteiger partial charge in [-0.2, -0.15) is 0 Å². The van der Waals surface area contributed by atoms with Crippen LogP contribution in [-0.2, 0) is 14.8 Å². The average molecular weight is 409 g/mol. The molecular formula is C14H20INO3S. The molecule has 1 aliphatic heterocycles. The van der Waals surface area contributed by atoms with Gasteiger partial charge >= 0.3 is 0 Å². The Balaban J connectivity index is 2.15. The Morgan fingerprint density at radius 1 is 1.40 bits per heavy atom. The Morgan fingerprint density at radius 2 is 2.05 bits per heavy atom. The van der Waals surface area contributed by atoms with Crippen molar-refractivity contribution in [3.05, 3.63) is 33.4 Å². The number of nitrogens with two attached hydrogens (primary N) is 1. The van der Waals surface area contributed by atoms with Gasteiger partial charge in [0.25, 0.3) is 0 Å². The number of benzene rings is 1. The number of ether oxygens (including phenoxy) is 1. The van der Waals surface area contributed by atoms with E-state index in [-0.39, 0.29) is 12.0 Å². The highest BCUT2D eigenvalue weighted by atomic mass is 127. The van der Waals surface area contributed by atoms with E-state index in [1.54, 1.807) is 6.92 Å². The lowest BCUT2D eigenvalue weighted by molar-refractivity contribution is -0.0309. The van der Waals surface area contributed by atoms with Gasteiger partial charge in [-0.1, -0.05) is 12.1 Å². The molecule has 0 bridgehead atoms. The Bertz CT molecular complexity index is 544. The summed E-state index contributed by atoms with van der Waals surface area (Å²) in [7, 11) is -3.47. The van der Waals surface area contributed by atoms with Gasteiger partial charge in [-0.15, -0.1) is 0 Å². The summed E-state index contributed by atoms with van der Waals surface area (Å²) < 4.78 is 29.9. The van der Waals surface area contributed by atoms with Crippen molar-refractivity contribution in [2.45, 2.75) is 37.5 Å². The van der Waals surface area contributed by atoms with Crippen molar-refractivity contribution < 1.29 is 13.2 Å². The van der Waals surface area contributed by atoms with Gasteiger partial charge in [-0.3, -0.25) is 0 Å². The third-order valence-electron chi connectivity index (χ3n) is 3.84. The number of rotatable bonds is 4. The average Bonchev–Trinajstić information content (AvgIpc) is 2.39. The molecular weight excluding hydrogens is 389 g/mol. The van der Waals surface area contributed by atoms with Gasteiger partial charge in [0.2, 0.25) is 10.0 Å². The minimum Gasteiger partial charge on any atom is -0.373 e. The molecule has 0 aromatic heterocycles. The first kappa shape index (κ1) is 16.2. The second-order valence-electron chi connectivity index (χ2n) is 5.38. The summed E-state index contributed by atoms with van der Waals surface area (Å²) in [5.41, 5.74) is 1.12. The van der Waals surface area contributed by atoms with Crippen molar-refractivity contribution in [1.29, 1.82) is 0 Å². The van der Waals surface area contributed by atoms with Crippen LogP contribution in [-0.4, -0.2) is 20.3 Å². The van der Waals surface area contributed by atoms with Crippen LogP contribution in [0.4, 0.5) is 0 Å². The molecule has 3 atom stereocenters. The van der Waals surface area contributed by atoms with Gasteiger partial charge in [0.1, 0.15) is 0 Å². The quantitative estimate of drug-likeness (QED) is 0.778. The topological polar surface area (TPSA) is 69.4 Å². The lowest BCUT2D eigenvalue weighted by Gasteiger charge is -2.33. The molecule has 20 heavy (non-hydrogen) atoms. The van der Waals surface area contributed by atoms with E-state index >= 15 is 0 Å². The molecule has 112 valence electrons. The van der Waals surface area contributed by atoms with Crippen molar-refractivity contribution >= 4 is 32.6 Å². The fourth-order valence-electron chi connectivity index (χ4n) is 2.67. The predicted molar refractivity (Wildman–Crippen MR) is 87.8 cm³/mol. The molecule has 0 amide bonds. The number of hydrogen-bond donors (Lipinski definition) is 1. The summed E-state index contributed by atoms with van der Waals surface area (Å²) in [4.78, 5) is 0. The van der Waals surface area contributed by atoms with E-state index < -0.39 is 15.3 Å². The zero-order chi connectivity index (χ0) is 14.8. The number of hydrogen-bond acceptors (Lipinski definition) is 3. The monoisotopic (exact) mass is 409 g/mol.